The van der Waals surface area contributed by atoms with Crippen molar-refractivity contribution in [1.82, 2.24) is 14.0 Å². The summed E-state index contributed by atoms with van der Waals surface area (Å²) in [7, 11) is -3.21. The van der Waals surface area contributed by atoms with Crippen LogP contribution in [0, 0.1) is 11.3 Å². The maximum Gasteiger partial charge on any atom is 0.349 e. The van der Waals surface area contributed by atoms with Gasteiger partial charge in [-0.25, -0.2) is 4.98 Å². The van der Waals surface area contributed by atoms with E-state index in [1.54, 1.807) is 30.3 Å². The predicted octanol–water partition coefficient (Wildman–Crippen LogP) is 0.448. The van der Waals surface area contributed by atoms with E-state index in [1.165, 1.54) is 17.7 Å². The van der Waals surface area contributed by atoms with E-state index >= 15 is 0 Å². The molecule has 0 aliphatic carbocycles. The fourth-order valence-corrected chi connectivity index (χ4v) is 3.58. The zero-order valence-corrected chi connectivity index (χ0v) is 16.3. The van der Waals surface area contributed by atoms with Gasteiger partial charge in [-0.05, 0) is 35.9 Å². The lowest BCUT2D eigenvalue weighted by Crippen LogP contribution is -2.36. The molecule has 0 fully saturated rings. The maximum atomic E-state index is 13.3. The first-order chi connectivity index (χ1) is 14.2. The topological polar surface area (TPSA) is 164 Å². The van der Waals surface area contributed by atoms with E-state index in [-0.39, 0.29) is 22.2 Å². The van der Waals surface area contributed by atoms with Crippen molar-refractivity contribution in [2.75, 3.05) is 7.11 Å². The number of oxime groups is 1. The molecule has 30 heavy (non-hydrogen) atoms. The molecule has 4 rings (SSSR count). The maximum absolute atomic E-state index is 13.3. The average Bonchev–Trinajstić information content (AvgIpc) is 3.01. The number of hydrogen-bond donors (Lipinski definition) is 2. The molecule has 0 saturated carbocycles. The second-order valence-corrected chi connectivity index (χ2v) is 7.78. The normalized spacial score (nSPS) is 14.0. The van der Waals surface area contributed by atoms with Crippen LogP contribution in [0.2, 0.25) is 0 Å². The summed E-state index contributed by atoms with van der Waals surface area (Å²) in [5.41, 5.74) is 2.03. The third-order valence-corrected chi connectivity index (χ3v) is 5.31. The first-order valence-corrected chi connectivity index (χ1v) is 9.86. The Hall–Kier alpha value is -3.63. The van der Waals surface area contributed by atoms with Gasteiger partial charge in [-0.3, -0.25) is 19.8 Å². The van der Waals surface area contributed by atoms with Gasteiger partial charge in [-0.2, -0.15) is 13.7 Å². The van der Waals surface area contributed by atoms with Gasteiger partial charge in [0.15, 0.2) is 11.5 Å². The van der Waals surface area contributed by atoms with E-state index in [0.717, 1.165) is 0 Å². The molecular weight excluding hydrogens is 412 g/mol. The number of nitrogens with two attached hydrogens (primary N) is 1. The predicted molar refractivity (Wildman–Crippen MR) is 106 cm³/mol. The van der Waals surface area contributed by atoms with Crippen LogP contribution in [0.4, 0.5) is 0 Å². The number of rotatable bonds is 4. The van der Waals surface area contributed by atoms with Gasteiger partial charge in [0.05, 0.1) is 34.8 Å². The van der Waals surface area contributed by atoms with Crippen molar-refractivity contribution in [3.8, 4) is 11.8 Å². The van der Waals surface area contributed by atoms with Crippen molar-refractivity contribution < 1.29 is 17.8 Å². The van der Waals surface area contributed by atoms with E-state index in [2.05, 4.69) is 10.1 Å². The van der Waals surface area contributed by atoms with Crippen LogP contribution in [-0.4, -0.2) is 39.8 Å². The lowest BCUT2D eigenvalue weighted by molar-refractivity contribution is 0.214. The molecular formula is C18H14N6O5S. The third-order valence-electron chi connectivity index (χ3n) is 4.58. The molecule has 1 aromatic heterocycles. The number of benzene rings is 2. The van der Waals surface area contributed by atoms with Crippen molar-refractivity contribution in [3.63, 3.8) is 0 Å². The van der Waals surface area contributed by atoms with E-state index < -0.39 is 15.9 Å². The standard InChI is InChI=1S/C18H14N6O5S/c1-29-22-16-13-6-10(8-19)3-5-15(13)24-17(16)21-14-4-2-11(7-12(14)18(24)25)9-23(20)30(26,27)28/h2-7H,9,20H2,1H3,(H,26,27,28). The van der Waals surface area contributed by atoms with E-state index in [4.69, 9.17) is 15.2 Å². The van der Waals surface area contributed by atoms with Crippen LogP contribution in [0.1, 0.15) is 22.5 Å². The Bertz CT molecular complexity index is 1440. The number of hydrogen-bond acceptors (Lipinski definition) is 8. The van der Waals surface area contributed by atoms with Crippen molar-refractivity contribution in [3.05, 3.63) is 69.3 Å². The number of fused-ring (bicyclic) bond motifs is 4. The molecule has 3 N–H and O–H groups in total. The highest BCUT2D eigenvalue weighted by atomic mass is 32.2. The first-order valence-electron chi connectivity index (χ1n) is 8.46. The Labute approximate surface area is 170 Å². The summed E-state index contributed by atoms with van der Waals surface area (Å²) < 4.78 is 32.9. The van der Waals surface area contributed by atoms with E-state index in [9.17, 15) is 18.5 Å². The monoisotopic (exact) mass is 426 g/mol. The molecule has 0 bridgehead atoms. The molecule has 2 heterocycles. The lowest BCUT2D eigenvalue weighted by Gasteiger charge is -2.13. The molecule has 0 radical (unpaired) electrons. The second-order valence-electron chi connectivity index (χ2n) is 6.42. The number of aromatic nitrogens is 2. The Morgan fingerprint density at radius 2 is 2.10 bits per heavy atom. The van der Waals surface area contributed by atoms with Gasteiger partial charge in [0.25, 0.3) is 5.56 Å². The van der Waals surface area contributed by atoms with Gasteiger partial charge < -0.3 is 4.84 Å². The molecule has 0 unspecified atom stereocenters. The highest BCUT2D eigenvalue weighted by Gasteiger charge is 2.30. The number of nitrogens with zero attached hydrogens (tertiary/aromatic N) is 5. The Morgan fingerprint density at radius 3 is 2.77 bits per heavy atom. The van der Waals surface area contributed by atoms with Crippen LogP contribution in [-0.2, 0) is 21.7 Å². The zero-order chi connectivity index (χ0) is 21.6. The smallest absolute Gasteiger partial charge is 0.349 e. The highest BCUT2D eigenvalue weighted by Crippen LogP contribution is 2.28. The quantitative estimate of drug-likeness (QED) is 0.270. The summed E-state index contributed by atoms with van der Waals surface area (Å²) in [5, 5.41) is 13.4. The molecule has 3 aromatic rings. The van der Waals surface area contributed by atoms with Gasteiger partial charge in [0, 0.05) is 5.56 Å². The minimum atomic E-state index is -4.58. The molecule has 152 valence electrons. The Kier molecular flexibility index (Phi) is 4.60. The third kappa shape index (κ3) is 3.11. The molecule has 0 atom stereocenters. The van der Waals surface area contributed by atoms with Gasteiger partial charge in [0.2, 0.25) is 0 Å². The van der Waals surface area contributed by atoms with Crippen LogP contribution < -0.4 is 11.4 Å². The first kappa shape index (κ1) is 19.7. The minimum Gasteiger partial charge on any atom is -0.399 e. The Morgan fingerprint density at radius 1 is 1.33 bits per heavy atom. The van der Waals surface area contributed by atoms with Crippen molar-refractivity contribution >= 4 is 26.9 Å². The fraction of sp³-hybridized carbons (Fsp3) is 0.111. The number of hydrazine groups is 1. The molecule has 11 nitrogen and oxygen atoms in total. The molecule has 0 spiro atoms. The summed E-state index contributed by atoms with van der Waals surface area (Å²) in [6.45, 7) is -0.339. The highest BCUT2D eigenvalue weighted by molar-refractivity contribution is 7.83. The molecule has 0 saturated heterocycles. The molecule has 2 aromatic carbocycles. The average molecular weight is 426 g/mol. The van der Waals surface area contributed by atoms with E-state index in [0.29, 0.717) is 33.6 Å². The van der Waals surface area contributed by atoms with Gasteiger partial charge in [-0.15, -0.1) is 4.41 Å². The van der Waals surface area contributed by atoms with Crippen molar-refractivity contribution in [1.29, 1.82) is 5.26 Å². The van der Waals surface area contributed by atoms with Crippen molar-refractivity contribution in [2.24, 2.45) is 11.0 Å². The van der Waals surface area contributed by atoms with E-state index in [1.807, 2.05) is 6.07 Å². The van der Waals surface area contributed by atoms with Gasteiger partial charge in [0.1, 0.15) is 7.11 Å². The largest absolute Gasteiger partial charge is 0.399 e. The van der Waals surface area contributed by atoms with Gasteiger partial charge >= 0.3 is 10.3 Å². The molecule has 1 aliphatic heterocycles. The van der Waals surface area contributed by atoms with Crippen LogP contribution in [0.25, 0.3) is 16.6 Å². The SMILES string of the molecule is CON=C1c2cc(C#N)ccc2-n2c1nc1ccc(CN(N)S(=O)(=O)O)cc1c2=O. The summed E-state index contributed by atoms with van der Waals surface area (Å²) in [5.74, 6) is 5.59. The Balaban J connectivity index is 1.94. The summed E-state index contributed by atoms with van der Waals surface area (Å²) >= 11 is 0. The second kappa shape index (κ2) is 7.01. The summed E-state index contributed by atoms with van der Waals surface area (Å²) in [4.78, 5) is 22.7. The zero-order valence-electron chi connectivity index (χ0n) is 15.5. The van der Waals surface area contributed by atoms with Crippen LogP contribution >= 0.6 is 0 Å². The summed E-state index contributed by atoms with van der Waals surface area (Å²) in [6.07, 6.45) is 0. The fourth-order valence-electron chi connectivity index (χ4n) is 3.27. The minimum absolute atomic E-state index is 0.217. The van der Waals surface area contributed by atoms with Crippen molar-refractivity contribution in [2.45, 2.75) is 6.54 Å². The number of nitriles is 1. The van der Waals surface area contributed by atoms with Crippen LogP contribution in [0.15, 0.2) is 46.3 Å². The molecule has 0 amide bonds. The molecule has 1 aliphatic rings. The molecule has 12 heteroatoms. The van der Waals surface area contributed by atoms with Crippen LogP contribution in [0.5, 0.6) is 0 Å². The lowest BCUT2D eigenvalue weighted by atomic mass is 10.1. The van der Waals surface area contributed by atoms with Gasteiger partial charge in [-0.1, -0.05) is 11.2 Å². The summed E-state index contributed by atoms with van der Waals surface area (Å²) in [6, 6.07) is 11.4. The van der Waals surface area contributed by atoms with Crippen LogP contribution in [0.3, 0.4) is 0 Å².